The number of halogens is 2. The van der Waals surface area contributed by atoms with Gasteiger partial charge in [0.15, 0.2) is 5.82 Å². The number of hydrogen-bond donors (Lipinski definition) is 2. The summed E-state index contributed by atoms with van der Waals surface area (Å²) in [5.74, 6) is -2.19. The second-order valence-corrected chi connectivity index (χ2v) is 8.70. The van der Waals surface area contributed by atoms with Crippen molar-refractivity contribution in [2.24, 2.45) is 0 Å². The van der Waals surface area contributed by atoms with Gasteiger partial charge in [-0.2, -0.15) is 5.10 Å². The minimum atomic E-state index is -2.81. The van der Waals surface area contributed by atoms with E-state index in [1.165, 1.54) is 17.3 Å². The Hall–Kier alpha value is -3.95. The number of hydrogen-bond acceptors (Lipinski definition) is 6. The number of nitrogens with zero attached hydrogens (tertiary/aromatic N) is 5. The lowest BCUT2D eigenvalue weighted by Gasteiger charge is -2.23. The van der Waals surface area contributed by atoms with Crippen LogP contribution in [0.2, 0.25) is 0 Å². The number of nitrogens with one attached hydrogen (secondary N) is 2. The molecule has 1 amide bonds. The van der Waals surface area contributed by atoms with Gasteiger partial charge in [-0.1, -0.05) is 19.9 Å². The Morgan fingerprint density at radius 2 is 1.94 bits per heavy atom. The average Bonchev–Trinajstić information content (AvgIpc) is 3.44. The Morgan fingerprint density at radius 3 is 2.65 bits per heavy atom. The summed E-state index contributed by atoms with van der Waals surface area (Å²) in [5, 5.41) is 10.7. The molecule has 1 aromatic carbocycles. The first-order valence-corrected chi connectivity index (χ1v) is 11.0. The van der Waals surface area contributed by atoms with E-state index in [0.29, 0.717) is 22.9 Å². The molecule has 34 heavy (non-hydrogen) atoms. The molecule has 1 saturated heterocycles. The zero-order valence-electron chi connectivity index (χ0n) is 18.7. The fraction of sp³-hybridized carbons (Fsp3) is 0.292. The van der Waals surface area contributed by atoms with E-state index in [4.69, 9.17) is 0 Å². The smallest absolute Gasteiger partial charge is 0.266 e. The maximum absolute atomic E-state index is 14.0. The van der Waals surface area contributed by atoms with Crippen LogP contribution < -0.4 is 10.2 Å². The maximum atomic E-state index is 14.0. The molecule has 4 aromatic rings. The summed E-state index contributed by atoms with van der Waals surface area (Å²) in [5.41, 5.74) is 2.95. The summed E-state index contributed by atoms with van der Waals surface area (Å²) in [6.07, 6.45) is 5.94. The lowest BCUT2D eigenvalue weighted by atomic mass is 10.0. The highest BCUT2D eigenvalue weighted by molar-refractivity contribution is 6.08. The number of fused-ring (bicyclic) bond motifs is 1. The van der Waals surface area contributed by atoms with Gasteiger partial charge in [-0.25, -0.2) is 23.7 Å². The van der Waals surface area contributed by atoms with Crippen LogP contribution in [0.25, 0.3) is 22.0 Å². The molecule has 0 aliphatic carbocycles. The highest BCUT2D eigenvalue weighted by Gasteiger charge is 2.40. The molecule has 1 aliphatic rings. The van der Waals surface area contributed by atoms with Crippen LogP contribution in [0.15, 0.2) is 49.1 Å². The van der Waals surface area contributed by atoms with Crippen molar-refractivity contribution < 1.29 is 13.6 Å². The van der Waals surface area contributed by atoms with E-state index in [2.05, 4.69) is 30.5 Å². The highest BCUT2D eigenvalue weighted by Crippen LogP contribution is 2.39. The van der Waals surface area contributed by atoms with E-state index in [1.54, 1.807) is 18.5 Å². The second kappa shape index (κ2) is 8.44. The number of carbonyl (C=O) groups is 1. The number of alkyl halides is 2. The lowest BCUT2D eigenvalue weighted by Crippen LogP contribution is -2.27. The molecule has 0 bridgehead atoms. The Bertz CT molecular complexity index is 1350. The van der Waals surface area contributed by atoms with Crippen LogP contribution >= 0.6 is 0 Å². The van der Waals surface area contributed by atoms with Gasteiger partial charge in [0.1, 0.15) is 5.82 Å². The first-order valence-electron chi connectivity index (χ1n) is 11.0. The number of carbonyl (C=O) groups excluding carboxylic acids is 1. The predicted molar refractivity (Wildman–Crippen MR) is 125 cm³/mol. The SMILES string of the molecule is CC(C)c1ncc(C(=O)Nc2c(-c3ccc4[nH]ncc4c3)ccnc2N2CCC(F)(F)C2)cn1. The number of aromatic amines is 1. The average molecular weight is 463 g/mol. The third kappa shape index (κ3) is 4.18. The molecular weight excluding hydrogens is 440 g/mol. The normalized spacial score (nSPS) is 15.3. The van der Waals surface area contributed by atoms with E-state index in [1.807, 2.05) is 32.0 Å². The first kappa shape index (κ1) is 21.9. The molecule has 174 valence electrons. The molecule has 0 unspecified atom stereocenters. The van der Waals surface area contributed by atoms with E-state index in [9.17, 15) is 13.6 Å². The molecule has 0 spiro atoms. The maximum Gasteiger partial charge on any atom is 0.266 e. The molecular formula is C24H23F2N7O. The number of anilines is 2. The number of benzene rings is 1. The minimum absolute atomic E-state index is 0.128. The highest BCUT2D eigenvalue weighted by atomic mass is 19.3. The van der Waals surface area contributed by atoms with Crippen molar-refractivity contribution in [2.45, 2.75) is 32.1 Å². The van der Waals surface area contributed by atoms with Gasteiger partial charge in [-0.15, -0.1) is 0 Å². The van der Waals surface area contributed by atoms with Crippen LogP contribution in [0.1, 0.15) is 42.4 Å². The van der Waals surface area contributed by atoms with Crippen molar-refractivity contribution in [3.05, 3.63) is 60.4 Å². The van der Waals surface area contributed by atoms with Gasteiger partial charge in [-0.05, 0) is 23.8 Å². The molecule has 2 N–H and O–H groups in total. The topological polar surface area (TPSA) is 99.7 Å². The lowest BCUT2D eigenvalue weighted by molar-refractivity contribution is 0.0257. The van der Waals surface area contributed by atoms with Gasteiger partial charge >= 0.3 is 0 Å². The third-order valence-electron chi connectivity index (χ3n) is 5.84. The Balaban J connectivity index is 1.56. The summed E-state index contributed by atoms with van der Waals surface area (Å²) < 4.78 is 28.0. The minimum Gasteiger partial charge on any atom is -0.349 e. The van der Waals surface area contributed by atoms with E-state index < -0.39 is 18.4 Å². The molecule has 0 atom stereocenters. The molecule has 0 radical (unpaired) electrons. The number of rotatable bonds is 5. The summed E-state index contributed by atoms with van der Waals surface area (Å²) >= 11 is 0. The molecule has 0 saturated carbocycles. The van der Waals surface area contributed by atoms with E-state index >= 15 is 0 Å². The largest absolute Gasteiger partial charge is 0.349 e. The van der Waals surface area contributed by atoms with Crippen molar-refractivity contribution in [1.82, 2.24) is 25.1 Å². The fourth-order valence-electron chi connectivity index (χ4n) is 4.02. The summed E-state index contributed by atoms with van der Waals surface area (Å²) in [4.78, 5) is 27.6. The van der Waals surface area contributed by atoms with Crippen molar-refractivity contribution in [3.8, 4) is 11.1 Å². The zero-order valence-corrected chi connectivity index (χ0v) is 18.7. The Morgan fingerprint density at radius 1 is 1.15 bits per heavy atom. The fourth-order valence-corrected chi connectivity index (χ4v) is 4.02. The predicted octanol–water partition coefficient (Wildman–Crippen LogP) is 4.64. The molecule has 1 fully saturated rings. The Kier molecular flexibility index (Phi) is 5.43. The van der Waals surface area contributed by atoms with Crippen LogP contribution in [-0.4, -0.2) is 50.1 Å². The molecule has 8 nitrogen and oxygen atoms in total. The molecule has 5 rings (SSSR count). The van der Waals surface area contributed by atoms with Gasteiger partial charge in [-0.3, -0.25) is 9.89 Å². The number of H-pyrrole nitrogens is 1. The van der Waals surface area contributed by atoms with Crippen LogP contribution in [0.5, 0.6) is 0 Å². The van der Waals surface area contributed by atoms with Crippen LogP contribution in [0.3, 0.4) is 0 Å². The van der Waals surface area contributed by atoms with Crippen LogP contribution in [0, 0.1) is 0 Å². The van der Waals surface area contributed by atoms with Crippen molar-refractivity contribution in [1.29, 1.82) is 0 Å². The zero-order chi connectivity index (χ0) is 23.9. The monoisotopic (exact) mass is 463 g/mol. The van der Waals surface area contributed by atoms with Crippen LogP contribution in [0.4, 0.5) is 20.3 Å². The Labute approximate surface area is 194 Å². The quantitative estimate of drug-likeness (QED) is 0.448. The standard InChI is InChI=1S/C24H23F2N7O/c1-14(2)21-28-10-17(11-29-21)23(34)31-20-18(15-3-4-19-16(9-15)12-30-32-19)5-7-27-22(20)33-8-6-24(25,26)13-33/h3-5,7,9-12,14H,6,8,13H2,1-2H3,(H,30,32)(H,31,34). The first-order chi connectivity index (χ1) is 16.3. The summed E-state index contributed by atoms with van der Waals surface area (Å²) in [7, 11) is 0. The van der Waals surface area contributed by atoms with Gasteiger partial charge in [0, 0.05) is 48.4 Å². The second-order valence-electron chi connectivity index (χ2n) is 8.70. The number of aromatic nitrogens is 5. The van der Waals surface area contributed by atoms with E-state index in [0.717, 1.165) is 16.5 Å². The number of pyridine rings is 1. The van der Waals surface area contributed by atoms with Crippen molar-refractivity contribution in [3.63, 3.8) is 0 Å². The molecule has 10 heteroatoms. The van der Waals surface area contributed by atoms with Crippen LogP contribution in [-0.2, 0) is 0 Å². The molecule has 4 heterocycles. The molecule has 3 aromatic heterocycles. The summed E-state index contributed by atoms with van der Waals surface area (Å²) in [6.45, 7) is 3.61. The van der Waals surface area contributed by atoms with Crippen molar-refractivity contribution >= 4 is 28.3 Å². The van der Waals surface area contributed by atoms with Gasteiger partial charge < -0.3 is 10.2 Å². The van der Waals surface area contributed by atoms with Crippen molar-refractivity contribution in [2.75, 3.05) is 23.3 Å². The summed E-state index contributed by atoms with van der Waals surface area (Å²) in [6, 6.07) is 7.44. The third-order valence-corrected chi connectivity index (χ3v) is 5.84. The van der Waals surface area contributed by atoms with Gasteiger partial charge in [0.25, 0.3) is 11.8 Å². The van der Waals surface area contributed by atoms with E-state index in [-0.39, 0.29) is 24.4 Å². The number of amides is 1. The van der Waals surface area contributed by atoms with Gasteiger partial charge in [0.05, 0.1) is 29.5 Å². The molecule has 1 aliphatic heterocycles. The van der Waals surface area contributed by atoms with Gasteiger partial charge in [0.2, 0.25) is 0 Å².